The van der Waals surface area contributed by atoms with Gasteiger partial charge in [-0.1, -0.05) is 13.3 Å². The van der Waals surface area contributed by atoms with E-state index >= 15 is 0 Å². The van der Waals surface area contributed by atoms with Crippen LogP contribution in [0.4, 0.5) is 14.6 Å². The number of hydrogen-bond acceptors (Lipinski definition) is 4. The van der Waals surface area contributed by atoms with Gasteiger partial charge in [-0.3, -0.25) is 0 Å². The molecule has 0 fully saturated rings. The van der Waals surface area contributed by atoms with E-state index in [9.17, 15) is 8.78 Å². The number of anilines is 1. The topological polar surface area (TPSA) is 56.7 Å². The van der Waals surface area contributed by atoms with Crippen LogP contribution in [0.1, 0.15) is 49.7 Å². The van der Waals surface area contributed by atoms with Crippen molar-refractivity contribution in [3.8, 4) is 0 Å². The van der Waals surface area contributed by atoms with E-state index in [1.807, 2.05) is 6.92 Å². The number of benzene rings is 1. The summed E-state index contributed by atoms with van der Waals surface area (Å²) in [5, 5.41) is 0. The molecule has 2 aromatic heterocycles. The molecular weight excluding hydrogens is 390 g/mol. The second-order valence-electron chi connectivity index (χ2n) is 7.32. The van der Waals surface area contributed by atoms with Crippen LogP contribution in [0.2, 0.25) is 0 Å². The Hall–Kier alpha value is -2.15. The zero-order valence-corrected chi connectivity index (χ0v) is 18.1. The summed E-state index contributed by atoms with van der Waals surface area (Å²) >= 11 is 1.43. The molecule has 0 unspecified atom stereocenters. The monoisotopic (exact) mass is 418 g/mol. The molecule has 2 heterocycles. The number of thioether (sulfide) groups is 1. The molecule has 0 saturated carbocycles. The van der Waals surface area contributed by atoms with Crippen LogP contribution >= 0.6 is 11.8 Å². The van der Waals surface area contributed by atoms with Gasteiger partial charge in [0.15, 0.2) is 5.82 Å². The van der Waals surface area contributed by atoms with E-state index in [2.05, 4.69) is 23.4 Å². The SMILES string of the molecule is CCCCc1nc2c(N)nc(C)c(C)c2n1CCCCSc1ccc(F)cc1F. The summed E-state index contributed by atoms with van der Waals surface area (Å²) in [6.07, 6.45) is 4.97. The highest BCUT2D eigenvalue weighted by Crippen LogP contribution is 2.28. The smallest absolute Gasteiger partial charge is 0.151 e. The van der Waals surface area contributed by atoms with E-state index in [4.69, 9.17) is 10.7 Å². The van der Waals surface area contributed by atoms with Gasteiger partial charge < -0.3 is 10.3 Å². The second-order valence-corrected chi connectivity index (χ2v) is 8.45. The zero-order chi connectivity index (χ0) is 21.0. The van der Waals surface area contributed by atoms with Crippen molar-refractivity contribution in [2.45, 2.75) is 64.3 Å². The van der Waals surface area contributed by atoms with Crippen molar-refractivity contribution in [1.82, 2.24) is 14.5 Å². The minimum absolute atomic E-state index is 0.488. The largest absolute Gasteiger partial charge is 0.382 e. The van der Waals surface area contributed by atoms with Crippen molar-refractivity contribution in [2.24, 2.45) is 0 Å². The van der Waals surface area contributed by atoms with Crippen LogP contribution in [0.3, 0.4) is 0 Å². The average Bonchev–Trinajstić information content (AvgIpc) is 3.05. The first-order chi connectivity index (χ1) is 13.9. The number of fused-ring (bicyclic) bond motifs is 1. The first-order valence-electron chi connectivity index (χ1n) is 10.1. The summed E-state index contributed by atoms with van der Waals surface area (Å²) < 4.78 is 29.1. The average molecular weight is 419 g/mol. The Bertz CT molecular complexity index is 1000. The van der Waals surface area contributed by atoms with Crippen LogP contribution in [0.15, 0.2) is 23.1 Å². The van der Waals surface area contributed by atoms with Gasteiger partial charge in [0.05, 0.1) is 5.52 Å². The van der Waals surface area contributed by atoms with Gasteiger partial charge in [0, 0.05) is 29.6 Å². The molecule has 4 nitrogen and oxygen atoms in total. The highest BCUT2D eigenvalue weighted by molar-refractivity contribution is 7.99. The number of unbranched alkanes of at least 4 members (excludes halogenated alkanes) is 2. The number of aromatic nitrogens is 3. The van der Waals surface area contributed by atoms with Gasteiger partial charge in [0.2, 0.25) is 0 Å². The zero-order valence-electron chi connectivity index (χ0n) is 17.3. The van der Waals surface area contributed by atoms with Crippen molar-refractivity contribution in [1.29, 1.82) is 0 Å². The lowest BCUT2D eigenvalue weighted by atomic mass is 10.2. The normalized spacial score (nSPS) is 11.5. The third-order valence-corrected chi connectivity index (χ3v) is 6.29. The fourth-order valence-electron chi connectivity index (χ4n) is 3.46. The standard InChI is InChI=1S/C22H28F2N4S/c1-4-5-8-19-27-20-21(14(2)15(3)26-22(20)25)28(19)11-6-7-12-29-18-10-9-16(23)13-17(18)24/h9-10,13H,4-8,11-12H2,1-3H3,(H2,25,26). The number of nitrogens with two attached hydrogens (primary N) is 1. The number of nitrogens with zero attached hydrogens (tertiary/aromatic N) is 3. The predicted molar refractivity (Wildman–Crippen MR) is 116 cm³/mol. The molecule has 0 atom stereocenters. The maximum Gasteiger partial charge on any atom is 0.151 e. The first kappa shape index (κ1) is 21.6. The summed E-state index contributed by atoms with van der Waals surface area (Å²) in [5.74, 6) is 1.29. The number of aryl methyl sites for hydroxylation is 4. The molecule has 0 bridgehead atoms. The van der Waals surface area contributed by atoms with E-state index in [1.165, 1.54) is 23.9 Å². The number of imidazole rings is 1. The lowest BCUT2D eigenvalue weighted by Gasteiger charge is -2.12. The molecule has 0 aliphatic rings. The van der Waals surface area contributed by atoms with E-state index < -0.39 is 11.6 Å². The van der Waals surface area contributed by atoms with Crippen LogP contribution in [-0.2, 0) is 13.0 Å². The van der Waals surface area contributed by atoms with Crippen LogP contribution in [0.5, 0.6) is 0 Å². The minimum Gasteiger partial charge on any atom is -0.382 e. The molecular formula is C22H28F2N4S. The van der Waals surface area contributed by atoms with Crippen LogP contribution in [0.25, 0.3) is 11.0 Å². The van der Waals surface area contributed by atoms with E-state index in [1.54, 1.807) is 0 Å². The summed E-state index contributed by atoms with van der Waals surface area (Å²) in [4.78, 5) is 9.73. The molecule has 3 rings (SSSR count). The number of hydrogen-bond donors (Lipinski definition) is 1. The molecule has 0 amide bonds. The number of pyridine rings is 1. The van der Waals surface area contributed by atoms with E-state index in [-0.39, 0.29) is 0 Å². The number of nitrogen functional groups attached to an aromatic ring is 1. The lowest BCUT2D eigenvalue weighted by molar-refractivity contribution is 0.565. The highest BCUT2D eigenvalue weighted by atomic mass is 32.2. The maximum absolute atomic E-state index is 13.8. The van der Waals surface area contributed by atoms with Gasteiger partial charge in [-0.25, -0.2) is 18.7 Å². The van der Waals surface area contributed by atoms with Gasteiger partial charge in [0.1, 0.15) is 23.0 Å². The molecule has 0 radical (unpaired) electrons. The van der Waals surface area contributed by atoms with Gasteiger partial charge in [-0.15, -0.1) is 11.8 Å². The van der Waals surface area contributed by atoms with E-state index in [0.29, 0.717) is 10.7 Å². The Kier molecular flexibility index (Phi) is 7.11. The fraction of sp³-hybridized carbons (Fsp3) is 0.455. The van der Waals surface area contributed by atoms with Gasteiger partial charge in [0.25, 0.3) is 0 Å². The molecule has 1 aromatic carbocycles. The molecule has 3 aromatic rings. The first-order valence-corrected chi connectivity index (χ1v) is 11.1. The third-order valence-electron chi connectivity index (χ3n) is 5.16. The Morgan fingerprint density at radius 1 is 1.10 bits per heavy atom. The van der Waals surface area contributed by atoms with Crippen molar-refractivity contribution in [3.63, 3.8) is 0 Å². The Morgan fingerprint density at radius 2 is 1.90 bits per heavy atom. The molecule has 0 aliphatic carbocycles. The lowest BCUT2D eigenvalue weighted by Crippen LogP contribution is -2.06. The van der Waals surface area contributed by atoms with Crippen LogP contribution in [-0.4, -0.2) is 20.3 Å². The van der Waals surface area contributed by atoms with Gasteiger partial charge in [-0.05, 0) is 56.6 Å². The Labute approximate surface area is 174 Å². The molecule has 2 N–H and O–H groups in total. The molecule has 0 saturated heterocycles. The maximum atomic E-state index is 13.8. The summed E-state index contributed by atoms with van der Waals surface area (Å²) in [6, 6.07) is 3.74. The second kappa shape index (κ2) is 9.57. The summed E-state index contributed by atoms with van der Waals surface area (Å²) in [7, 11) is 0. The summed E-state index contributed by atoms with van der Waals surface area (Å²) in [6.45, 7) is 7.05. The molecule has 0 aliphatic heterocycles. The molecule has 156 valence electrons. The quantitative estimate of drug-likeness (QED) is 0.351. The predicted octanol–water partition coefficient (Wildman–Crippen LogP) is 5.82. The molecule has 29 heavy (non-hydrogen) atoms. The molecule has 0 spiro atoms. The van der Waals surface area contributed by atoms with Crippen molar-refractivity contribution >= 4 is 28.6 Å². The van der Waals surface area contributed by atoms with Crippen molar-refractivity contribution in [3.05, 3.63) is 46.9 Å². The number of halogens is 2. The van der Waals surface area contributed by atoms with Crippen molar-refractivity contribution < 1.29 is 8.78 Å². The highest BCUT2D eigenvalue weighted by Gasteiger charge is 2.17. The van der Waals surface area contributed by atoms with Crippen LogP contribution < -0.4 is 5.73 Å². The Balaban J connectivity index is 1.71. The van der Waals surface area contributed by atoms with E-state index in [0.717, 1.165) is 78.6 Å². The van der Waals surface area contributed by atoms with Gasteiger partial charge in [-0.2, -0.15) is 0 Å². The third kappa shape index (κ3) is 4.89. The fourth-order valence-corrected chi connectivity index (χ4v) is 4.39. The van der Waals surface area contributed by atoms with Crippen LogP contribution in [0, 0.1) is 25.5 Å². The minimum atomic E-state index is -0.544. The van der Waals surface area contributed by atoms with Crippen molar-refractivity contribution in [2.75, 3.05) is 11.5 Å². The number of rotatable bonds is 9. The summed E-state index contributed by atoms with van der Waals surface area (Å²) in [5.41, 5.74) is 10.1. The molecule has 7 heteroatoms. The Morgan fingerprint density at radius 3 is 2.62 bits per heavy atom. The van der Waals surface area contributed by atoms with Gasteiger partial charge >= 0.3 is 0 Å².